The normalized spacial score (nSPS) is 14.1. The van der Waals surface area contributed by atoms with E-state index in [0.29, 0.717) is 0 Å². The lowest BCUT2D eigenvalue weighted by Crippen LogP contribution is -2.28. The molecule has 0 unspecified atom stereocenters. The van der Waals surface area contributed by atoms with Gasteiger partial charge in [-0.2, -0.15) is 0 Å². The van der Waals surface area contributed by atoms with Crippen LogP contribution in [0.25, 0.3) is 55.3 Å². The van der Waals surface area contributed by atoms with E-state index in [1.807, 2.05) is 0 Å². The maximum atomic E-state index is 6.85. The van der Waals surface area contributed by atoms with Gasteiger partial charge in [0.1, 0.15) is 11.2 Å². The zero-order valence-electron chi connectivity index (χ0n) is 33.6. The quantitative estimate of drug-likeness (QED) is 0.168. The van der Waals surface area contributed by atoms with Crippen LogP contribution >= 0.6 is 0 Å². The minimum absolute atomic E-state index is 0.129. The first-order chi connectivity index (χ1) is 29.5. The average molecular weight is 768 g/mol. The monoisotopic (exact) mass is 767 g/mol. The van der Waals surface area contributed by atoms with Crippen molar-refractivity contribution in [2.45, 2.75) is 24.7 Å². The van der Waals surface area contributed by atoms with E-state index in [9.17, 15) is 0 Å². The van der Waals surface area contributed by atoms with Crippen LogP contribution in [0.1, 0.15) is 47.2 Å². The third-order valence-corrected chi connectivity index (χ3v) is 13.3. The van der Waals surface area contributed by atoms with Crippen LogP contribution in [0.5, 0.6) is 0 Å². The number of hydrogen-bond acceptors (Lipinski definition) is 2. The zero-order valence-corrected chi connectivity index (χ0v) is 33.6. The van der Waals surface area contributed by atoms with Gasteiger partial charge in [-0.05, 0) is 110 Å². The Labute approximate surface area is 350 Å². The molecule has 10 aromatic rings. The Morgan fingerprint density at radius 1 is 0.383 bits per heavy atom. The van der Waals surface area contributed by atoms with Crippen LogP contribution in [-0.4, -0.2) is 0 Å². The lowest BCUT2D eigenvalue weighted by molar-refractivity contribution is 0.660. The number of anilines is 3. The molecule has 0 atom stereocenters. The van der Waals surface area contributed by atoms with E-state index in [4.69, 9.17) is 4.42 Å². The highest BCUT2D eigenvalue weighted by molar-refractivity contribution is 6.18. The smallest absolute Gasteiger partial charge is 0.136 e. The Bertz CT molecular complexity index is 3230. The van der Waals surface area contributed by atoms with E-state index in [-0.39, 0.29) is 5.41 Å². The van der Waals surface area contributed by atoms with Gasteiger partial charge in [-0.3, -0.25) is 0 Å². The predicted octanol–water partition coefficient (Wildman–Crippen LogP) is 15.4. The Kier molecular flexibility index (Phi) is 7.52. The van der Waals surface area contributed by atoms with Crippen molar-refractivity contribution in [2.24, 2.45) is 0 Å². The van der Waals surface area contributed by atoms with Gasteiger partial charge in [0.25, 0.3) is 0 Å². The third kappa shape index (κ3) is 4.82. The van der Waals surface area contributed by atoms with Crippen LogP contribution in [0.4, 0.5) is 17.1 Å². The number of fused-ring (bicyclic) bond motifs is 9. The summed E-state index contributed by atoms with van der Waals surface area (Å²) in [6.45, 7) is 4.72. The van der Waals surface area contributed by atoms with Crippen molar-refractivity contribution in [2.75, 3.05) is 4.90 Å². The molecule has 0 N–H and O–H groups in total. The predicted molar refractivity (Wildman–Crippen MR) is 249 cm³/mol. The molecular formula is C58H41NO. The first-order valence-electron chi connectivity index (χ1n) is 20.9. The molecule has 1 aromatic heterocycles. The van der Waals surface area contributed by atoms with Gasteiger partial charge in [0.05, 0.1) is 5.41 Å². The minimum atomic E-state index is -0.622. The van der Waals surface area contributed by atoms with Gasteiger partial charge in [0.2, 0.25) is 0 Å². The van der Waals surface area contributed by atoms with Gasteiger partial charge in [0.15, 0.2) is 0 Å². The fourth-order valence-electron chi connectivity index (χ4n) is 10.7. The summed E-state index contributed by atoms with van der Waals surface area (Å²) < 4.78 is 6.85. The highest BCUT2D eigenvalue weighted by atomic mass is 16.3. The van der Waals surface area contributed by atoms with Gasteiger partial charge in [-0.25, -0.2) is 0 Å². The molecule has 0 bridgehead atoms. The van der Waals surface area contributed by atoms with Crippen molar-refractivity contribution >= 4 is 39.0 Å². The van der Waals surface area contributed by atoms with Crippen LogP contribution in [0, 0.1) is 0 Å². The maximum Gasteiger partial charge on any atom is 0.136 e. The Hall–Kier alpha value is -7.42. The minimum Gasteiger partial charge on any atom is -0.456 e. The standard InChI is InChI=1S/C58H41NO/c1-57(2)48-29-17-15-27-44(48)45-33-31-43(36-50(45)57)59(41-25-13-6-14-26-41)42-32-34-49-47(35-42)55-51(58(49,39-21-9-4-10-22-39)40-23-11-5-12-24-40)37-53-56(46-28-16-18-30-52(46)60-53)54(55)38-19-7-3-8-20-38/h3-37H,1-2H3. The molecule has 2 heteroatoms. The summed E-state index contributed by atoms with van der Waals surface area (Å²) in [7, 11) is 0. The second kappa shape index (κ2) is 13.0. The molecule has 0 saturated carbocycles. The molecule has 2 aliphatic rings. The lowest BCUT2D eigenvalue weighted by Gasteiger charge is -2.34. The number of benzene rings is 9. The molecule has 0 spiro atoms. The second-order valence-corrected chi connectivity index (χ2v) is 16.8. The second-order valence-electron chi connectivity index (χ2n) is 16.8. The Balaban J connectivity index is 1.20. The highest BCUT2D eigenvalue weighted by Crippen LogP contribution is 2.61. The Morgan fingerprint density at radius 2 is 0.967 bits per heavy atom. The van der Waals surface area contributed by atoms with E-state index in [2.05, 4.69) is 231 Å². The van der Waals surface area contributed by atoms with Crippen LogP contribution in [0.2, 0.25) is 0 Å². The van der Waals surface area contributed by atoms with Crippen molar-refractivity contribution < 1.29 is 4.42 Å². The van der Waals surface area contributed by atoms with Crippen molar-refractivity contribution in [1.82, 2.24) is 0 Å². The summed E-state index contributed by atoms with van der Waals surface area (Å²) in [4.78, 5) is 2.44. The summed E-state index contributed by atoms with van der Waals surface area (Å²) in [6, 6.07) is 77.9. The number of furan rings is 1. The molecular weight excluding hydrogens is 727 g/mol. The van der Waals surface area contributed by atoms with Gasteiger partial charge < -0.3 is 9.32 Å². The summed E-state index contributed by atoms with van der Waals surface area (Å²) in [5, 5.41) is 2.26. The average Bonchev–Trinajstić information content (AvgIpc) is 3.90. The van der Waals surface area contributed by atoms with Gasteiger partial charge in [-0.15, -0.1) is 0 Å². The molecule has 1 heterocycles. The molecule has 12 rings (SSSR count). The van der Waals surface area contributed by atoms with Gasteiger partial charge >= 0.3 is 0 Å². The Morgan fingerprint density at radius 3 is 1.70 bits per heavy atom. The van der Waals surface area contributed by atoms with Gasteiger partial charge in [-0.1, -0.05) is 178 Å². The molecule has 2 aliphatic carbocycles. The van der Waals surface area contributed by atoms with E-state index in [1.165, 1.54) is 66.8 Å². The van der Waals surface area contributed by atoms with Crippen molar-refractivity contribution in [1.29, 1.82) is 0 Å². The van der Waals surface area contributed by atoms with Gasteiger partial charge in [0, 0.05) is 38.8 Å². The lowest BCUT2D eigenvalue weighted by atomic mass is 9.67. The summed E-state index contributed by atoms with van der Waals surface area (Å²) in [5.74, 6) is 0. The van der Waals surface area contributed by atoms with E-state index in [1.54, 1.807) is 0 Å². The van der Waals surface area contributed by atoms with Crippen molar-refractivity contribution in [3.8, 4) is 33.4 Å². The highest BCUT2D eigenvalue weighted by Gasteiger charge is 2.48. The van der Waals surface area contributed by atoms with Crippen molar-refractivity contribution in [3.63, 3.8) is 0 Å². The molecule has 0 amide bonds. The third-order valence-electron chi connectivity index (χ3n) is 13.3. The van der Waals surface area contributed by atoms with Crippen molar-refractivity contribution in [3.05, 3.63) is 246 Å². The summed E-state index contributed by atoms with van der Waals surface area (Å²) in [5.41, 5.74) is 19.5. The molecule has 0 aliphatic heterocycles. The summed E-state index contributed by atoms with van der Waals surface area (Å²) in [6.07, 6.45) is 0. The molecule has 0 radical (unpaired) electrons. The van der Waals surface area contributed by atoms with E-state index in [0.717, 1.165) is 39.0 Å². The molecule has 60 heavy (non-hydrogen) atoms. The number of hydrogen-bond donors (Lipinski definition) is 0. The van der Waals surface area contributed by atoms with Crippen LogP contribution in [-0.2, 0) is 10.8 Å². The number of nitrogens with zero attached hydrogens (tertiary/aromatic N) is 1. The van der Waals surface area contributed by atoms with Crippen LogP contribution < -0.4 is 4.90 Å². The molecule has 0 fully saturated rings. The fourth-order valence-corrected chi connectivity index (χ4v) is 10.7. The van der Waals surface area contributed by atoms with E-state index >= 15 is 0 Å². The van der Waals surface area contributed by atoms with Crippen LogP contribution in [0.3, 0.4) is 0 Å². The largest absolute Gasteiger partial charge is 0.456 e. The topological polar surface area (TPSA) is 16.4 Å². The number of rotatable bonds is 6. The number of para-hydroxylation sites is 2. The first kappa shape index (κ1) is 34.6. The molecule has 9 aromatic carbocycles. The SMILES string of the molecule is CC1(C)c2ccccc2-c2ccc(N(c3ccccc3)c3ccc4c(c3)-c3c(cc5oc6ccccc6c5c3-c3ccccc3)C4(c3ccccc3)c3ccccc3)cc21. The van der Waals surface area contributed by atoms with Crippen LogP contribution in [0.15, 0.2) is 217 Å². The molecule has 2 nitrogen and oxygen atoms in total. The van der Waals surface area contributed by atoms with E-state index < -0.39 is 5.41 Å². The maximum absolute atomic E-state index is 6.85. The zero-order chi connectivity index (χ0) is 40.0. The summed E-state index contributed by atoms with van der Waals surface area (Å²) >= 11 is 0. The molecule has 0 saturated heterocycles. The molecule has 284 valence electrons. The fraction of sp³-hybridized carbons (Fsp3) is 0.0690. The first-order valence-corrected chi connectivity index (χ1v) is 20.9.